The molecule has 6 heterocycles. The van der Waals surface area contributed by atoms with Gasteiger partial charge in [0.15, 0.2) is 27.8 Å². The normalized spacial score (nSPS) is 47.7. The molecular weight excluding hydrogens is 524 g/mol. The number of hydrogen-bond donors (Lipinski definition) is 2. The van der Waals surface area contributed by atoms with E-state index in [0.717, 1.165) is 10.8 Å². The van der Waals surface area contributed by atoms with Gasteiger partial charge in [0, 0.05) is 26.9 Å². The zero-order valence-corrected chi connectivity index (χ0v) is 22.5. The van der Waals surface area contributed by atoms with Crippen molar-refractivity contribution < 1.29 is 38.9 Å². The van der Waals surface area contributed by atoms with Gasteiger partial charge in [-0.25, -0.2) is 0 Å². The summed E-state index contributed by atoms with van der Waals surface area (Å²) in [7, 11) is 6.38. The molecule has 1 amide bonds. The van der Waals surface area contributed by atoms with E-state index in [0.29, 0.717) is 0 Å². The molecule has 2 spiro atoms. The number of carbonyl (C=O) groups is 4. The molecule has 0 radical (unpaired) electrons. The lowest BCUT2D eigenvalue weighted by molar-refractivity contribution is -0.172. The Labute approximate surface area is 211 Å². The van der Waals surface area contributed by atoms with E-state index in [-0.39, 0.29) is 25.4 Å². The number of esters is 1. The van der Waals surface area contributed by atoms with Gasteiger partial charge in [-0.2, -0.15) is 0 Å². The minimum Gasteiger partial charge on any atom is -0.462 e. The Morgan fingerprint density at radius 1 is 1.24 bits per heavy atom. The highest BCUT2D eigenvalue weighted by molar-refractivity contribution is 9.26. The number of carbonyl (C=O) groups excluding carboxylic acids is 4. The van der Waals surface area contributed by atoms with E-state index in [9.17, 15) is 29.4 Å². The molecule has 0 aliphatic carbocycles. The first kappa shape index (κ1) is 25.2. The monoisotopic (exact) mass is 550 g/mol. The molecule has 6 aliphatic rings. The highest BCUT2D eigenvalue weighted by atomic mass is 33.7. The van der Waals surface area contributed by atoms with Crippen LogP contribution in [0.3, 0.4) is 0 Å². The van der Waals surface area contributed by atoms with E-state index in [1.165, 1.54) is 54.2 Å². The number of amides is 1. The maximum Gasteiger partial charge on any atom is 0.302 e. The van der Waals surface area contributed by atoms with Crippen LogP contribution < -0.4 is 0 Å². The van der Waals surface area contributed by atoms with Gasteiger partial charge in [-0.15, -0.1) is 0 Å². The molecule has 34 heavy (non-hydrogen) atoms. The highest BCUT2D eigenvalue weighted by Gasteiger charge is 2.82. The van der Waals surface area contributed by atoms with E-state index in [1.54, 1.807) is 20.8 Å². The van der Waals surface area contributed by atoms with Crippen LogP contribution >= 0.6 is 41.2 Å². The number of fused-ring (bicyclic) bond motifs is 5. The Balaban J connectivity index is 1.62. The number of aliphatic hydroxyl groups excluding tert-OH is 1. The second-order valence-corrected chi connectivity index (χ2v) is 16.4. The zero-order valence-electron chi connectivity index (χ0n) is 19.2. The van der Waals surface area contributed by atoms with E-state index in [1.807, 2.05) is 0 Å². The van der Waals surface area contributed by atoms with Crippen LogP contribution in [0.1, 0.15) is 34.1 Å². The number of hydrogen-bond acceptors (Lipinski definition) is 13. The summed E-state index contributed by atoms with van der Waals surface area (Å²) in [6.07, 6.45) is -2.42. The number of ketones is 2. The van der Waals surface area contributed by atoms with Crippen molar-refractivity contribution in [3.8, 4) is 0 Å². The van der Waals surface area contributed by atoms with Crippen LogP contribution in [0.2, 0.25) is 0 Å². The molecule has 14 heteroatoms. The molecule has 6 fully saturated rings. The molecule has 6 aliphatic heterocycles. The van der Waals surface area contributed by atoms with Gasteiger partial charge in [0.1, 0.15) is 17.5 Å². The van der Waals surface area contributed by atoms with Crippen LogP contribution in [0.5, 0.6) is 0 Å². The molecule has 0 saturated carbocycles. The largest absolute Gasteiger partial charge is 0.462 e. The van der Waals surface area contributed by atoms with Gasteiger partial charge in [0.05, 0.1) is 17.6 Å². The predicted octanol–water partition coefficient (Wildman–Crippen LogP) is 0.607. The standard InChI is InChI=1S/C20H26N2O8S4/c1-9-16(3,4)13(25)17(30-9)7-22-11-12(24)20(8-29-10(2)23)21(5)15(27)18(11,31-33-34-32-20)6-19(22,28)14(17)26/h9,11,14,26,28H,6-8H2,1-5H3/t9-,11-,14+,17-,18-,19+,20+/m0/s1. The SMILES string of the molecule is CC(=O)OC[C@@]12SSSS[C@]3(C[C@@]4(O)[C@H](O)[C@@]5(CN4[C@H]3C1=O)O[C@@H](C)C(C)(C)C5=O)C(=O)N2C. The van der Waals surface area contributed by atoms with Gasteiger partial charge < -0.3 is 24.6 Å². The van der Waals surface area contributed by atoms with Crippen molar-refractivity contribution in [1.29, 1.82) is 0 Å². The summed E-state index contributed by atoms with van der Waals surface area (Å²) in [6.45, 7) is 5.85. The van der Waals surface area contributed by atoms with E-state index in [4.69, 9.17) is 9.47 Å². The van der Waals surface area contributed by atoms with Crippen LogP contribution in [-0.2, 0) is 28.7 Å². The van der Waals surface area contributed by atoms with E-state index >= 15 is 0 Å². The summed E-state index contributed by atoms with van der Waals surface area (Å²) in [5, 5.41) is 23.3. The molecule has 2 bridgehead atoms. The molecule has 2 N–H and O–H groups in total. The Morgan fingerprint density at radius 3 is 2.47 bits per heavy atom. The fraction of sp³-hybridized carbons (Fsp3) is 0.800. The molecule has 0 aromatic carbocycles. The summed E-state index contributed by atoms with van der Waals surface area (Å²) in [6, 6.07) is -1.15. The maximum atomic E-state index is 14.2. The molecule has 0 aromatic heterocycles. The van der Waals surface area contributed by atoms with Crippen molar-refractivity contribution in [2.75, 3.05) is 20.2 Å². The van der Waals surface area contributed by atoms with Crippen LogP contribution in [0.25, 0.3) is 0 Å². The van der Waals surface area contributed by atoms with Crippen molar-refractivity contribution in [2.24, 2.45) is 5.41 Å². The van der Waals surface area contributed by atoms with Crippen LogP contribution in [0.15, 0.2) is 0 Å². The smallest absolute Gasteiger partial charge is 0.302 e. The number of rotatable bonds is 2. The number of likely N-dealkylation sites (N-methyl/N-ethyl adjacent to an activating group) is 1. The van der Waals surface area contributed by atoms with Crippen LogP contribution in [-0.4, -0.2) is 103 Å². The molecular formula is C20H26N2O8S4. The third kappa shape index (κ3) is 2.79. The quantitative estimate of drug-likeness (QED) is 0.368. The maximum absolute atomic E-state index is 14.2. The lowest BCUT2D eigenvalue weighted by atomic mass is 9.75. The average molecular weight is 551 g/mol. The minimum absolute atomic E-state index is 0.223. The number of ether oxygens (including phenoxy) is 2. The summed E-state index contributed by atoms with van der Waals surface area (Å²) in [5.41, 5.74) is -4.64. The topological polar surface area (TPSA) is 134 Å². The summed E-state index contributed by atoms with van der Waals surface area (Å²) < 4.78 is 9.90. The Kier molecular flexibility index (Phi) is 5.57. The predicted molar refractivity (Wildman–Crippen MR) is 128 cm³/mol. The third-order valence-corrected chi connectivity index (χ3v) is 15.5. The molecule has 6 rings (SSSR count). The fourth-order valence-electron chi connectivity index (χ4n) is 5.92. The fourth-order valence-corrected chi connectivity index (χ4v) is 13.9. The molecule has 10 nitrogen and oxygen atoms in total. The average Bonchev–Trinajstić information content (AvgIpc) is 3.21. The summed E-state index contributed by atoms with van der Waals surface area (Å²) >= 11 is 0. The number of Topliss-reactive ketones (excluding diaryl/α,β-unsaturated/α-hetero) is 2. The molecule has 0 unspecified atom stereocenters. The van der Waals surface area contributed by atoms with Crippen molar-refractivity contribution in [3.63, 3.8) is 0 Å². The highest BCUT2D eigenvalue weighted by Crippen LogP contribution is 2.68. The first-order valence-electron chi connectivity index (χ1n) is 10.8. The van der Waals surface area contributed by atoms with E-state index in [2.05, 4.69) is 0 Å². The van der Waals surface area contributed by atoms with Crippen molar-refractivity contribution >= 4 is 64.7 Å². The first-order valence-corrected chi connectivity index (χ1v) is 15.6. The first-order chi connectivity index (χ1) is 15.7. The second kappa shape index (κ2) is 7.53. The zero-order chi connectivity index (χ0) is 25.1. The number of nitrogens with zero attached hydrogens (tertiary/aromatic N) is 2. The second-order valence-electron chi connectivity index (χ2n) is 10.2. The third-order valence-electron chi connectivity index (χ3n) is 8.13. The summed E-state index contributed by atoms with van der Waals surface area (Å²) in [4.78, 5) is 54.3. The molecule has 7 atom stereocenters. The van der Waals surface area contributed by atoms with Crippen molar-refractivity contribution in [1.82, 2.24) is 9.80 Å². The van der Waals surface area contributed by atoms with Crippen LogP contribution in [0.4, 0.5) is 0 Å². The molecule has 6 saturated heterocycles. The lowest BCUT2D eigenvalue weighted by Gasteiger charge is -2.52. The Morgan fingerprint density at radius 2 is 1.88 bits per heavy atom. The van der Waals surface area contributed by atoms with Gasteiger partial charge >= 0.3 is 5.97 Å². The van der Waals surface area contributed by atoms with Gasteiger partial charge in [-0.05, 0) is 37.4 Å². The van der Waals surface area contributed by atoms with Gasteiger partial charge in [0.2, 0.25) is 5.91 Å². The summed E-state index contributed by atoms with van der Waals surface area (Å²) in [5.74, 6) is -1.75. The van der Waals surface area contributed by atoms with Gasteiger partial charge in [-0.3, -0.25) is 24.1 Å². The Bertz CT molecular complexity index is 1010. The Hall–Kier alpha value is -0.480. The van der Waals surface area contributed by atoms with Gasteiger partial charge in [-0.1, -0.05) is 24.6 Å². The van der Waals surface area contributed by atoms with E-state index < -0.39 is 62.3 Å². The molecule has 188 valence electrons. The van der Waals surface area contributed by atoms with Crippen molar-refractivity contribution in [3.05, 3.63) is 0 Å². The minimum atomic E-state index is -2.03. The molecule has 0 aromatic rings. The number of aliphatic hydroxyl groups is 2. The number of piperidine rings is 1. The van der Waals surface area contributed by atoms with Crippen LogP contribution in [0, 0.1) is 5.41 Å². The lowest BCUT2D eigenvalue weighted by Crippen LogP contribution is -2.74. The van der Waals surface area contributed by atoms with Crippen molar-refractivity contribution in [2.45, 2.75) is 73.3 Å². The van der Waals surface area contributed by atoms with Gasteiger partial charge in [0.25, 0.3) is 0 Å².